The Balaban J connectivity index is 1.75. The second-order valence-corrected chi connectivity index (χ2v) is 7.31. The van der Waals surface area contributed by atoms with Crippen molar-refractivity contribution < 1.29 is 4.79 Å². The van der Waals surface area contributed by atoms with Crippen LogP contribution in [0.25, 0.3) is 10.1 Å². The van der Waals surface area contributed by atoms with Crippen molar-refractivity contribution in [3.63, 3.8) is 0 Å². The lowest BCUT2D eigenvalue weighted by Gasteiger charge is -2.17. The van der Waals surface area contributed by atoms with Gasteiger partial charge in [-0.2, -0.15) is 0 Å². The highest BCUT2D eigenvalue weighted by atomic mass is 79.9. The van der Waals surface area contributed by atoms with E-state index in [0.29, 0.717) is 16.5 Å². The highest BCUT2D eigenvalue weighted by molar-refractivity contribution is 9.10. The normalized spacial score (nSPS) is 18.0. The molecule has 1 heterocycles. The summed E-state index contributed by atoms with van der Waals surface area (Å²) in [5.41, 5.74) is 6.71. The van der Waals surface area contributed by atoms with E-state index in [2.05, 4.69) is 33.4 Å². The Labute approximate surface area is 136 Å². The summed E-state index contributed by atoms with van der Waals surface area (Å²) in [5.74, 6) is 0.489. The first kappa shape index (κ1) is 14.6. The van der Waals surface area contributed by atoms with Gasteiger partial charge in [-0.3, -0.25) is 4.79 Å². The number of thiophene rings is 1. The van der Waals surface area contributed by atoms with E-state index >= 15 is 0 Å². The summed E-state index contributed by atoms with van der Waals surface area (Å²) in [7, 11) is 0. The quantitative estimate of drug-likeness (QED) is 0.796. The fourth-order valence-electron chi connectivity index (χ4n) is 2.62. The van der Waals surface area contributed by atoms with E-state index in [0.717, 1.165) is 40.4 Å². The second-order valence-electron chi connectivity index (χ2n) is 5.35. The van der Waals surface area contributed by atoms with Gasteiger partial charge < -0.3 is 11.1 Å². The third kappa shape index (κ3) is 3.14. The molecule has 0 saturated heterocycles. The smallest absolute Gasteiger partial charge is 0.263 e. The van der Waals surface area contributed by atoms with Gasteiger partial charge in [0, 0.05) is 21.1 Å². The van der Waals surface area contributed by atoms with Crippen molar-refractivity contribution in [2.75, 3.05) is 12.3 Å². The molecule has 0 fully saturated rings. The Morgan fingerprint density at radius 1 is 1.43 bits per heavy atom. The minimum Gasteiger partial charge on any atom is -0.397 e. The molecule has 1 aromatic heterocycles. The van der Waals surface area contributed by atoms with Gasteiger partial charge in [0.1, 0.15) is 4.88 Å². The summed E-state index contributed by atoms with van der Waals surface area (Å²) in [6.45, 7) is 0.723. The highest BCUT2D eigenvalue weighted by Gasteiger charge is 2.18. The highest BCUT2D eigenvalue weighted by Crippen LogP contribution is 2.35. The van der Waals surface area contributed by atoms with Gasteiger partial charge in [0.2, 0.25) is 0 Å². The van der Waals surface area contributed by atoms with Crippen molar-refractivity contribution in [2.24, 2.45) is 5.92 Å². The number of benzene rings is 1. The predicted molar refractivity (Wildman–Crippen MR) is 92.8 cm³/mol. The first-order valence-corrected chi connectivity index (χ1v) is 8.67. The lowest BCUT2D eigenvalue weighted by molar-refractivity contribution is 0.0951. The summed E-state index contributed by atoms with van der Waals surface area (Å²) in [5, 5.41) is 3.98. The average Bonchev–Trinajstić information content (AvgIpc) is 2.82. The molecule has 1 atom stereocenters. The molecule has 0 bridgehead atoms. The summed E-state index contributed by atoms with van der Waals surface area (Å²) >= 11 is 4.90. The number of nitrogens with two attached hydrogens (primary N) is 1. The molecule has 0 saturated carbocycles. The number of carbonyl (C=O) groups is 1. The van der Waals surface area contributed by atoms with Crippen molar-refractivity contribution >= 4 is 48.9 Å². The van der Waals surface area contributed by atoms with Gasteiger partial charge in [0.15, 0.2) is 0 Å². The van der Waals surface area contributed by atoms with E-state index in [4.69, 9.17) is 5.73 Å². The molecule has 1 unspecified atom stereocenters. The summed E-state index contributed by atoms with van der Waals surface area (Å²) in [6.07, 6.45) is 7.71. The number of anilines is 1. The van der Waals surface area contributed by atoms with Crippen LogP contribution in [0.1, 0.15) is 28.9 Å². The largest absolute Gasteiger partial charge is 0.397 e. The van der Waals surface area contributed by atoms with Gasteiger partial charge >= 0.3 is 0 Å². The Morgan fingerprint density at radius 2 is 2.29 bits per heavy atom. The van der Waals surface area contributed by atoms with Crippen LogP contribution in [0.3, 0.4) is 0 Å². The van der Waals surface area contributed by atoms with Gasteiger partial charge in [-0.1, -0.05) is 34.1 Å². The van der Waals surface area contributed by atoms with Gasteiger partial charge in [-0.05, 0) is 37.3 Å². The van der Waals surface area contributed by atoms with Crippen LogP contribution in [-0.4, -0.2) is 12.5 Å². The average molecular weight is 365 g/mol. The molecule has 3 nitrogen and oxygen atoms in total. The van der Waals surface area contributed by atoms with Crippen molar-refractivity contribution in [3.05, 3.63) is 39.7 Å². The minimum absolute atomic E-state index is 0.0561. The van der Waals surface area contributed by atoms with E-state index in [1.807, 2.05) is 18.2 Å². The first-order valence-electron chi connectivity index (χ1n) is 7.06. The van der Waals surface area contributed by atoms with Crippen LogP contribution in [0.5, 0.6) is 0 Å². The molecule has 0 radical (unpaired) electrons. The van der Waals surface area contributed by atoms with Crippen molar-refractivity contribution in [1.82, 2.24) is 5.32 Å². The second kappa shape index (κ2) is 6.20. The standard InChI is InChI=1S/C16H17BrN2OS/c17-11-6-7-12-13(8-11)21-15(14(12)18)16(20)19-9-10-4-2-1-3-5-10/h1-2,6-8,10H,3-5,9,18H2,(H,19,20). The van der Waals surface area contributed by atoms with E-state index in [-0.39, 0.29) is 5.91 Å². The topological polar surface area (TPSA) is 55.1 Å². The predicted octanol–water partition coefficient (Wildman–Crippen LogP) is 4.33. The monoisotopic (exact) mass is 364 g/mol. The van der Waals surface area contributed by atoms with Crippen LogP contribution in [0.15, 0.2) is 34.8 Å². The van der Waals surface area contributed by atoms with Crippen LogP contribution < -0.4 is 11.1 Å². The number of rotatable bonds is 3. The van der Waals surface area contributed by atoms with Gasteiger partial charge in [-0.25, -0.2) is 0 Å². The molecule has 0 aliphatic heterocycles. The number of nitrogens with one attached hydrogen (secondary N) is 1. The first-order chi connectivity index (χ1) is 10.1. The summed E-state index contributed by atoms with van der Waals surface area (Å²) in [6, 6.07) is 5.90. The molecular formula is C16H17BrN2OS. The van der Waals surface area contributed by atoms with Crippen LogP contribution in [-0.2, 0) is 0 Å². The fourth-order valence-corrected chi connectivity index (χ4v) is 4.21. The number of allylic oxidation sites excluding steroid dienone is 2. The van der Waals surface area contributed by atoms with E-state index in [1.165, 1.54) is 11.3 Å². The van der Waals surface area contributed by atoms with Gasteiger partial charge in [0.25, 0.3) is 5.91 Å². The Morgan fingerprint density at radius 3 is 3.05 bits per heavy atom. The number of amides is 1. The van der Waals surface area contributed by atoms with Crippen molar-refractivity contribution in [2.45, 2.75) is 19.3 Å². The zero-order valence-corrected chi connectivity index (χ0v) is 14.0. The number of hydrogen-bond donors (Lipinski definition) is 2. The van der Waals surface area contributed by atoms with Crippen LogP contribution in [0.4, 0.5) is 5.69 Å². The van der Waals surface area contributed by atoms with Crippen LogP contribution in [0.2, 0.25) is 0 Å². The Hall–Kier alpha value is -1.33. The molecule has 3 rings (SSSR count). The lowest BCUT2D eigenvalue weighted by atomic mass is 9.94. The van der Waals surface area contributed by atoms with E-state index in [1.54, 1.807) is 0 Å². The maximum Gasteiger partial charge on any atom is 0.263 e. The van der Waals surface area contributed by atoms with E-state index in [9.17, 15) is 4.79 Å². The van der Waals surface area contributed by atoms with Crippen molar-refractivity contribution in [3.8, 4) is 0 Å². The minimum atomic E-state index is -0.0561. The number of fused-ring (bicyclic) bond motifs is 1. The lowest BCUT2D eigenvalue weighted by Crippen LogP contribution is -2.29. The molecule has 1 amide bonds. The van der Waals surface area contributed by atoms with Gasteiger partial charge in [-0.15, -0.1) is 11.3 Å². The van der Waals surface area contributed by atoms with Crippen molar-refractivity contribution in [1.29, 1.82) is 0 Å². The third-order valence-electron chi connectivity index (χ3n) is 3.83. The molecule has 0 spiro atoms. The maximum absolute atomic E-state index is 12.4. The SMILES string of the molecule is Nc1c(C(=O)NCC2CC=CCC2)sc2cc(Br)ccc12. The molecule has 1 aliphatic carbocycles. The zero-order valence-electron chi connectivity index (χ0n) is 11.6. The molecular weight excluding hydrogens is 348 g/mol. The van der Waals surface area contributed by atoms with Crippen LogP contribution in [0, 0.1) is 5.92 Å². The fraction of sp³-hybridized carbons (Fsp3) is 0.312. The van der Waals surface area contributed by atoms with Crippen LogP contribution >= 0.6 is 27.3 Å². The third-order valence-corrected chi connectivity index (χ3v) is 5.49. The van der Waals surface area contributed by atoms with E-state index < -0.39 is 0 Å². The molecule has 110 valence electrons. The number of nitrogen functional groups attached to an aromatic ring is 1. The molecule has 1 aromatic carbocycles. The Bertz CT molecular complexity index is 708. The molecule has 3 N–H and O–H groups in total. The number of halogens is 1. The number of hydrogen-bond acceptors (Lipinski definition) is 3. The molecule has 2 aromatic rings. The number of carbonyl (C=O) groups excluding carboxylic acids is 1. The molecule has 5 heteroatoms. The Kier molecular flexibility index (Phi) is 4.31. The maximum atomic E-state index is 12.4. The molecule has 21 heavy (non-hydrogen) atoms. The summed E-state index contributed by atoms with van der Waals surface area (Å²) < 4.78 is 2.03. The van der Waals surface area contributed by atoms with Gasteiger partial charge in [0.05, 0.1) is 5.69 Å². The zero-order chi connectivity index (χ0) is 14.8. The summed E-state index contributed by atoms with van der Waals surface area (Å²) in [4.78, 5) is 13.0. The molecule has 1 aliphatic rings.